The van der Waals surface area contributed by atoms with Crippen molar-refractivity contribution in [3.63, 3.8) is 0 Å². The molecule has 3 rings (SSSR count). The lowest BCUT2D eigenvalue weighted by atomic mass is 9.84. The van der Waals surface area contributed by atoms with Crippen LogP contribution in [-0.2, 0) is 14.3 Å². The molecule has 1 aliphatic heterocycles. The number of carbonyl (C=O) groups excluding carboxylic acids is 3. The van der Waals surface area contributed by atoms with Gasteiger partial charge < -0.3 is 15.0 Å². The van der Waals surface area contributed by atoms with Crippen LogP contribution in [-0.4, -0.2) is 47.9 Å². The van der Waals surface area contributed by atoms with E-state index >= 15 is 0 Å². The van der Waals surface area contributed by atoms with Crippen molar-refractivity contribution in [2.24, 2.45) is 5.41 Å². The number of hydrogen-bond donors (Lipinski definition) is 1. The zero-order chi connectivity index (χ0) is 22.3. The Morgan fingerprint density at radius 2 is 1.74 bits per heavy atom. The molecule has 1 aliphatic carbocycles. The molecule has 1 heterocycles. The molecule has 1 N–H and O–H groups in total. The Bertz CT molecular complexity index is 756. The van der Waals surface area contributed by atoms with E-state index in [2.05, 4.69) is 5.32 Å². The number of amides is 2. The maximum atomic E-state index is 13.3. The second-order valence-corrected chi connectivity index (χ2v) is 9.61. The largest absolute Gasteiger partial charge is 0.448 e. The second-order valence-electron chi connectivity index (χ2n) is 9.61. The van der Waals surface area contributed by atoms with Crippen molar-refractivity contribution in [2.45, 2.75) is 83.8 Å². The van der Waals surface area contributed by atoms with Crippen LogP contribution in [0.15, 0.2) is 30.3 Å². The normalized spacial score (nSPS) is 19.4. The molecular formula is C25H36N2O4. The predicted octanol–water partition coefficient (Wildman–Crippen LogP) is 4.09. The number of esters is 1. The summed E-state index contributed by atoms with van der Waals surface area (Å²) < 4.78 is 5.82. The summed E-state index contributed by atoms with van der Waals surface area (Å²) in [7, 11) is 0. The van der Waals surface area contributed by atoms with Gasteiger partial charge in [-0.05, 0) is 37.8 Å². The first-order valence-corrected chi connectivity index (χ1v) is 11.7. The van der Waals surface area contributed by atoms with Crippen LogP contribution >= 0.6 is 0 Å². The van der Waals surface area contributed by atoms with E-state index in [1.807, 2.05) is 24.8 Å². The maximum Gasteiger partial charge on any atom is 0.338 e. The Labute approximate surface area is 185 Å². The minimum atomic E-state index is -0.974. The van der Waals surface area contributed by atoms with E-state index in [9.17, 15) is 14.4 Å². The highest BCUT2D eigenvalue weighted by atomic mass is 16.5. The molecule has 6 heteroatoms. The monoisotopic (exact) mass is 428 g/mol. The van der Waals surface area contributed by atoms with E-state index < -0.39 is 17.5 Å². The molecule has 31 heavy (non-hydrogen) atoms. The van der Waals surface area contributed by atoms with Crippen molar-refractivity contribution in [1.29, 1.82) is 0 Å². The zero-order valence-electron chi connectivity index (χ0n) is 18.9. The highest BCUT2D eigenvalue weighted by Gasteiger charge is 2.41. The number of likely N-dealkylation sites (tertiary alicyclic amines) is 1. The van der Waals surface area contributed by atoms with Gasteiger partial charge in [0, 0.05) is 31.0 Å². The Balaban J connectivity index is 1.77. The fraction of sp³-hybridized carbons (Fsp3) is 0.640. The molecule has 1 saturated heterocycles. The van der Waals surface area contributed by atoms with Crippen LogP contribution in [0.2, 0.25) is 0 Å². The molecule has 0 spiro atoms. The van der Waals surface area contributed by atoms with Gasteiger partial charge in [0.1, 0.15) is 0 Å². The SMILES string of the molecule is CC(C)(CN1CCCCCC1=O)C(OC(=O)c1ccccc1)C(=O)NC1CCCCC1. The number of nitrogens with zero attached hydrogens (tertiary/aromatic N) is 1. The van der Waals surface area contributed by atoms with Crippen molar-refractivity contribution in [3.05, 3.63) is 35.9 Å². The van der Waals surface area contributed by atoms with E-state index in [1.54, 1.807) is 24.3 Å². The number of carbonyl (C=O) groups is 3. The molecule has 2 amide bonds. The van der Waals surface area contributed by atoms with Gasteiger partial charge in [0.2, 0.25) is 5.91 Å². The third-order valence-corrected chi connectivity index (χ3v) is 6.40. The van der Waals surface area contributed by atoms with Gasteiger partial charge in [0.15, 0.2) is 6.10 Å². The summed E-state index contributed by atoms with van der Waals surface area (Å²) in [6, 6.07) is 8.87. The first kappa shape index (κ1) is 23.3. The van der Waals surface area contributed by atoms with Crippen LogP contribution in [0.1, 0.15) is 82.0 Å². The summed E-state index contributed by atoms with van der Waals surface area (Å²) in [6.45, 7) is 4.89. The van der Waals surface area contributed by atoms with Gasteiger partial charge in [-0.25, -0.2) is 4.79 Å². The lowest BCUT2D eigenvalue weighted by Crippen LogP contribution is -2.54. The van der Waals surface area contributed by atoms with Crippen LogP contribution in [0.25, 0.3) is 0 Å². The fourth-order valence-electron chi connectivity index (χ4n) is 4.62. The molecule has 1 aromatic rings. The Morgan fingerprint density at radius 1 is 1.06 bits per heavy atom. The number of benzene rings is 1. The van der Waals surface area contributed by atoms with Crippen LogP contribution in [0.4, 0.5) is 0 Å². The highest BCUT2D eigenvalue weighted by molar-refractivity contribution is 5.92. The van der Waals surface area contributed by atoms with Gasteiger partial charge in [-0.15, -0.1) is 0 Å². The first-order chi connectivity index (χ1) is 14.9. The third-order valence-electron chi connectivity index (χ3n) is 6.40. The average Bonchev–Trinajstić information content (AvgIpc) is 2.96. The quantitative estimate of drug-likeness (QED) is 0.664. The van der Waals surface area contributed by atoms with Crippen molar-refractivity contribution in [2.75, 3.05) is 13.1 Å². The predicted molar refractivity (Wildman–Crippen MR) is 119 cm³/mol. The maximum absolute atomic E-state index is 13.3. The van der Waals surface area contributed by atoms with E-state index in [0.717, 1.165) is 44.9 Å². The summed E-state index contributed by atoms with van der Waals surface area (Å²) in [4.78, 5) is 40.6. The van der Waals surface area contributed by atoms with E-state index in [0.29, 0.717) is 25.1 Å². The Morgan fingerprint density at radius 3 is 2.45 bits per heavy atom. The first-order valence-electron chi connectivity index (χ1n) is 11.7. The van der Waals surface area contributed by atoms with Crippen molar-refractivity contribution < 1.29 is 19.1 Å². The van der Waals surface area contributed by atoms with Gasteiger partial charge in [0.05, 0.1) is 5.56 Å². The molecule has 170 valence electrons. The number of rotatable bonds is 7. The molecule has 1 atom stereocenters. The minimum Gasteiger partial charge on any atom is -0.448 e. The molecule has 1 saturated carbocycles. The second kappa shape index (κ2) is 10.8. The molecule has 2 aliphatic rings. The van der Waals surface area contributed by atoms with E-state index in [1.165, 1.54) is 6.42 Å². The van der Waals surface area contributed by atoms with E-state index in [-0.39, 0.29) is 17.9 Å². The summed E-state index contributed by atoms with van der Waals surface area (Å²) in [5.41, 5.74) is -0.303. The van der Waals surface area contributed by atoms with Gasteiger partial charge in [0.25, 0.3) is 5.91 Å². The molecule has 6 nitrogen and oxygen atoms in total. The molecule has 0 radical (unpaired) electrons. The van der Waals surface area contributed by atoms with E-state index in [4.69, 9.17) is 4.74 Å². The molecule has 0 aromatic heterocycles. The summed E-state index contributed by atoms with van der Waals surface area (Å²) in [5.74, 6) is -0.658. The lowest BCUT2D eigenvalue weighted by molar-refractivity contribution is -0.142. The lowest BCUT2D eigenvalue weighted by Gasteiger charge is -2.38. The minimum absolute atomic E-state index is 0.117. The van der Waals surface area contributed by atoms with Crippen molar-refractivity contribution >= 4 is 17.8 Å². The van der Waals surface area contributed by atoms with Crippen LogP contribution in [0, 0.1) is 5.41 Å². The molecule has 1 unspecified atom stereocenters. The van der Waals surface area contributed by atoms with Gasteiger partial charge in [-0.2, -0.15) is 0 Å². The van der Waals surface area contributed by atoms with Gasteiger partial charge in [-0.3, -0.25) is 9.59 Å². The molecular weight excluding hydrogens is 392 g/mol. The zero-order valence-corrected chi connectivity index (χ0v) is 18.9. The van der Waals surface area contributed by atoms with Crippen molar-refractivity contribution in [1.82, 2.24) is 10.2 Å². The van der Waals surface area contributed by atoms with Gasteiger partial charge in [-0.1, -0.05) is 57.7 Å². The molecule has 2 fully saturated rings. The van der Waals surface area contributed by atoms with Gasteiger partial charge >= 0.3 is 5.97 Å². The standard InChI is InChI=1S/C25H36N2O4/c1-25(2,18-27-17-11-5-10-16-21(27)28)22(23(29)26-20-14-8-4-9-15-20)31-24(30)19-12-6-3-7-13-19/h3,6-7,12-13,20,22H,4-5,8-11,14-18H2,1-2H3,(H,26,29). The smallest absolute Gasteiger partial charge is 0.338 e. The Kier molecular flexibility index (Phi) is 8.10. The average molecular weight is 429 g/mol. The number of ether oxygens (including phenoxy) is 1. The topological polar surface area (TPSA) is 75.7 Å². The fourth-order valence-corrected chi connectivity index (χ4v) is 4.62. The summed E-state index contributed by atoms with van der Waals surface area (Å²) >= 11 is 0. The number of hydrogen-bond acceptors (Lipinski definition) is 4. The van der Waals surface area contributed by atoms with Crippen LogP contribution < -0.4 is 5.32 Å². The summed E-state index contributed by atoms with van der Waals surface area (Å²) in [5, 5.41) is 3.12. The third kappa shape index (κ3) is 6.55. The van der Waals surface area contributed by atoms with Crippen molar-refractivity contribution in [3.8, 4) is 0 Å². The summed E-state index contributed by atoms with van der Waals surface area (Å²) in [6.07, 6.45) is 7.78. The van der Waals surface area contributed by atoms with Crippen LogP contribution in [0.5, 0.6) is 0 Å². The Hall–Kier alpha value is -2.37. The molecule has 0 bridgehead atoms. The molecule has 1 aromatic carbocycles. The van der Waals surface area contributed by atoms with Crippen LogP contribution in [0.3, 0.4) is 0 Å². The number of nitrogens with one attached hydrogen (secondary N) is 1. The highest BCUT2D eigenvalue weighted by Crippen LogP contribution is 2.29.